The zero-order chi connectivity index (χ0) is 21.7. The van der Waals surface area contributed by atoms with E-state index in [1.807, 2.05) is 4.72 Å². The molecule has 0 bridgehead atoms. The average molecular weight is 483 g/mol. The predicted molar refractivity (Wildman–Crippen MR) is 117 cm³/mol. The van der Waals surface area contributed by atoms with Crippen LogP contribution < -0.4 is 10.0 Å². The Kier molecular flexibility index (Phi) is 7.14. The van der Waals surface area contributed by atoms with Crippen molar-refractivity contribution in [1.29, 1.82) is 0 Å². The van der Waals surface area contributed by atoms with Gasteiger partial charge in [-0.3, -0.25) is 9.59 Å². The molecule has 0 saturated heterocycles. The van der Waals surface area contributed by atoms with Crippen LogP contribution in [-0.4, -0.2) is 20.2 Å². The fourth-order valence-corrected chi connectivity index (χ4v) is 5.85. The van der Waals surface area contributed by atoms with Gasteiger partial charge in [-0.2, -0.15) is 0 Å². The van der Waals surface area contributed by atoms with E-state index in [1.165, 1.54) is 6.07 Å². The molecule has 2 aromatic carbocycles. The summed E-state index contributed by atoms with van der Waals surface area (Å²) in [7, 11) is -4.20. The number of rotatable bonds is 7. The van der Waals surface area contributed by atoms with Crippen LogP contribution in [0.15, 0.2) is 71.6 Å². The van der Waals surface area contributed by atoms with E-state index in [-0.39, 0.29) is 25.9 Å². The fourth-order valence-electron chi connectivity index (χ4n) is 2.71. The van der Waals surface area contributed by atoms with Crippen molar-refractivity contribution >= 4 is 56.4 Å². The largest absolute Gasteiger partial charge is 0.345 e. The van der Waals surface area contributed by atoms with Crippen LogP contribution in [0.1, 0.15) is 28.4 Å². The summed E-state index contributed by atoms with van der Waals surface area (Å²) >= 11 is 12.6. The first kappa shape index (κ1) is 22.3. The molecular formula is C20H16Cl2N2O4S2. The van der Waals surface area contributed by atoms with Gasteiger partial charge in [0.25, 0.3) is 15.9 Å². The molecule has 156 valence electrons. The maximum absolute atomic E-state index is 12.6. The van der Waals surface area contributed by atoms with E-state index in [1.54, 1.807) is 60.7 Å². The standard InChI is InChI=1S/C20H16Cl2N2O4S2/c21-17-12-16(19(22)29-17)30(27,28)24-18(25)11-15(13-7-3-1-4-8-13)23-20(26)14-9-5-2-6-10-14/h1-10,12,15H,11H2,(H,23,26)(H,24,25). The second-order valence-electron chi connectivity index (χ2n) is 6.22. The van der Waals surface area contributed by atoms with Gasteiger partial charge in [-0.05, 0) is 23.8 Å². The molecule has 1 atom stereocenters. The van der Waals surface area contributed by atoms with Gasteiger partial charge in [0.15, 0.2) is 0 Å². The lowest BCUT2D eigenvalue weighted by Gasteiger charge is -2.19. The van der Waals surface area contributed by atoms with Gasteiger partial charge in [0.1, 0.15) is 9.23 Å². The number of carbonyl (C=O) groups excluding carboxylic acids is 2. The highest BCUT2D eigenvalue weighted by Gasteiger charge is 2.26. The minimum Gasteiger partial charge on any atom is -0.345 e. The topological polar surface area (TPSA) is 92.3 Å². The summed E-state index contributed by atoms with van der Waals surface area (Å²) in [6.07, 6.45) is -0.294. The van der Waals surface area contributed by atoms with Crippen molar-refractivity contribution in [2.45, 2.75) is 17.4 Å². The molecule has 3 aromatic rings. The van der Waals surface area contributed by atoms with Crippen molar-refractivity contribution < 1.29 is 18.0 Å². The van der Waals surface area contributed by atoms with Crippen LogP contribution in [-0.2, 0) is 14.8 Å². The average Bonchev–Trinajstić information content (AvgIpc) is 3.07. The number of nitrogens with one attached hydrogen (secondary N) is 2. The number of hydrogen-bond acceptors (Lipinski definition) is 5. The van der Waals surface area contributed by atoms with Gasteiger partial charge in [0, 0.05) is 5.56 Å². The van der Waals surface area contributed by atoms with E-state index in [0.29, 0.717) is 11.1 Å². The SMILES string of the molecule is O=C(CC(NC(=O)c1ccccc1)c1ccccc1)NS(=O)(=O)c1cc(Cl)sc1Cl. The summed E-state index contributed by atoms with van der Waals surface area (Å²) in [5, 5.41) is 2.78. The van der Waals surface area contributed by atoms with E-state index in [2.05, 4.69) is 5.32 Å². The number of hydrogen-bond donors (Lipinski definition) is 2. The summed E-state index contributed by atoms with van der Waals surface area (Å²) in [6, 6.07) is 17.8. The minimum atomic E-state index is -4.20. The Labute approximate surface area is 187 Å². The fraction of sp³-hybridized carbons (Fsp3) is 0.100. The Hall–Kier alpha value is -2.39. The summed E-state index contributed by atoms with van der Waals surface area (Å²) < 4.78 is 27.1. The highest BCUT2D eigenvalue weighted by atomic mass is 35.5. The Bertz CT molecular complexity index is 1150. The first-order valence-electron chi connectivity index (χ1n) is 8.67. The zero-order valence-electron chi connectivity index (χ0n) is 15.3. The molecule has 30 heavy (non-hydrogen) atoms. The molecule has 1 heterocycles. The molecule has 0 aliphatic heterocycles. The molecule has 2 N–H and O–H groups in total. The van der Waals surface area contributed by atoms with Crippen LogP contribution in [0.25, 0.3) is 0 Å². The Balaban J connectivity index is 1.78. The second kappa shape index (κ2) is 9.61. The molecule has 2 amide bonds. The number of sulfonamides is 1. The van der Waals surface area contributed by atoms with Crippen molar-refractivity contribution in [3.63, 3.8) is 0 Å². The van der Waals surface area contributed by atoms with Crippen molar-refractivity contribution in [2.75, 3.05) is 0 Å². The highest BCUT2D eigenvalue weighted by molar-refractivity contribution is 7.90. The van der Waals surface area contributed by atoms with E-state index < -0.39 is 22.0 Å². The lowest BCUT2D eigenvalue weighted by Crippen LogP contribution is -2.36. The maximum atomic E-state index is 12.6. The molecule has 1 unspecified atom stereocenters. The highest BCUT2D eigenvalue weighted by Crippen LogP contribution is 2.34. The van der Waals surface area contributed by atoms with Crippen molar-refractivity contribution in [3.8, 4) is 0 Å². The van der Waals surface area contributed by atoms with Crippen LogP contribution in [0, 0.1) is 0 Å². The number of carbonyl (C=O) groups is 2. The summed E-state index contributed by atoms with van der Waals surface area (Å²) in [5.74, 6) is -1.18. The first-order chi connectivity index (χ1) is 14.3. The number of halogens is 2. The lowest BCUT2D eigenvalue weighted by molar-refractivity contribution is -0.119. The van der Waals surface area contributed by atoms with Gasteiger partial charge in [-0.1, -0.05) is 71.7 Å². The Morgan fingerprint density at radius 1 is 0.967 bits per heavy atom. The van der Waals surface area contributed by atoms with Crippen LogP contribution in [0.5, 0.6) is 0 Å². The lowest BCUT2D eigenvalue weighted by atomic mass is 10.0. The van der Waals surface area contributed by atoms with E-state index in [9.17, 15) is 18.0 Å². The number of benzene rings is 2. The maximum Gasteiger partial charge on any atom is 0.266 e. The molecule has 6 nitrogen and oxygen atoms in total. The summed E-state index contributed by atoms with van der Waals surface area (Å²) in [6.45, 7) is 0. The Morgan fingerprint density at radius 2 is 1.57 bits per heavy atom. The summed E-state index contributed by atoms with van der Waals surface area (Å²) in [5.41, 5.74) is 1.08. The van der Waals surface area contributed by atoms with Gasteiger partial charge >= 0.3 is 0 Å². The molecule has 1 aromatic heterocycles. The van der Waals surface area contributed by atoms with Crippen LogP contribution >= 0.6 is 34.5 Å². The minimum absolute atomic E-state index is 0.0442. The van der Waals surface area contributed by atoms with Gasteiger partial charge < -0.3 is 5.32 Å². The van der Waals surface area contributed by atoms with Crippen molar-refractivity contribution in [3.05, 3.63) is 86.5 Å². The van der Waals surface area contributed by atoms with Crippen LogP contribution in [0.3, 0.4) is 0 Å². The normalized spacial score (nSPS) is 12.2. The van der Waals surface area contributed by atoms with Crippen LogP contribution in [0.2, 0.25) is 8.67 Å². The summed E-state index contributed by atoms with van der Waals surface area (Å²) in [4.78, 5) is 24.8. The molecule has 0 saturated carbocycles. The molecular weight excluding hydrogens is 467 g/mol. The molecule has 0 aliphatic rings. The van der Waals surface area contributed by atoms with E-state index in [0.717, 1.165) is 11.3 Å². The molecule has 3 rings (SSSR count). The van der Waals surface area contributed by atoms with Gasteiger partial charge in [0.05, 0.1) is 16.8 Å². The third kappa shape index (κ3) is 5.60. The smallest absolute Gasteiger partial charge is 0.266 e. The van der Waals surface area contributed by atoms with Crippen molar-refractivity contribution in [1.82, 2.24) is 10.0 Å². The predicted octanol–water partition coefficient (Wildman–Crippen LogP) is 4.42. The van der Waals surface area contributed by atoms with E-state index in [4.69, 9.17) is 23.2 Å². The molecule has 0 radical (unpaired) electrons. The number of thiophene rings is 1. The molecule has 0 aliphatic carbocycles. The molecule has 10 heteroatoms. The van der Waals surface area contributed by atoms with Gasteiger partial charge in [-0.15, -0.1) is 11.3 Å². The van der Waals surface area contributed by atoms with E-state index >= 15 is 0 Å². The second-order valence-corrected chi connectivity index (χ2v) is 10.2. The number of amides is 2. The first-order valence-corrected chi connectivity index (χ1v) is 11.7. The third-order valence-corrected chi connectivity index (χ3v) is 7.22. The van der Waals surface area contributed by atoms with Crippen molar-refractivity contribution in [2.24, 2.45) is 0 Å². The zero-order valence-corrected chi connectivity index (χ0v) is 18.5. The monoisotopic (exact) mass is 482 g/mol. The third-order valence-electron chi connectivity index (χ3n) is 4.10. The Morgan fingerprint density at radius 3 is 2.13 bits per heavy atom. The van der Waals surface area contributed by atoms with Gasteiger partial charge in [-0.25, -0.2) is 13.1 Å². The molecule has 0 spiro atoms. The molecule has 0 fully saturated rings. The quantitative estimate of drug-likeness (QED) is 0.521. The van der Waals surface area contributed by atoms with Gasteiger partial charge in [0.2, 0.25) is 5.91 Å². The van der Waals surface area contributed by atoms with Crippen LogP contribution in [0.4, 0.5) is 0 Å².